The molecule has 3 unspecified atom stereocenters. The normalized spacial score (nSPS) is 41.7. The van der Waals surface area contributed by atoms with Gasteiger partial charge in [-0.2, -0.15) is 0 Å². The van der Waals surface area contributed by atoms with Crippen LogP contribution >= 0.6 is 0 Å². The van der Waals surface area contributed by atoms with Gasteiger partial charge >= 0.3 is 0 Å². The van der Waals surface area contributed by atoms with Gasteiger partial charge in [0.25, 0.3) is 0 Å². The van der Waals surface area contributed by atoms with Gasteiger partial charge in [-0.15, -0.1) is 0 Å². The van der Waals surface area contributed by atoms with E-state index in [2.05, 4.69) is 31.4 Å². The number of hydrogen-bond donors (Lipinski definition) is 2. The van der Waals surface area contributed by atoms with Crippen LogP contribution in [0.25, 0.3) is 0 Å². The van der Waals surface area contributed by atoms with Crippen molar-refractivity contribution in [2.75, 3.05) is 13.1 Å². The third-order valence-electron chi connectivity index (χ3n) is 6.47. The molecule has 3 nitrogen and oxygen atoms in total. The predicted octanol–water partition coefficient (Wildman–Crippen LogP) is 1.93. The van der Waals surface area contributed by atoms with E-state index in [1.807, 2.05) is 0 Å². The first-order valence-corrected chi connectivity index (χ1v) is 7.43. The summed E-state index contributed by atoms with van der Waals surface area (Å²) >= 11 is 0. The summed E-state index contributed by atoms with van der Waals surface area (Å²) in [5, 5.41) is 6.57. The van der Waals surface area contributed by atoms with Crippen molar-refractivity contribution in [3.8, 4) is 0 Å². The number of carbonyl (C=O) groups excluding carboxylic acids is 1. The van der Waals surface area contributed by atoms with Crippen molar-refractivity contribution in [3.63, 3.8) is 0 Å². The Bertz CT molecular complexity index is 362. The Balaban J connectivity index is 1.62. The number of carbonyl (C=O) groups is 1. The van der Waals surface area contributed by atoms with Gasteiger partial charge in [0.15, 0.2) is 0 Å². The quantitative estimate of drug-likeness (QED) is 0.803. The van der Waals surface area contributed by atoms with Gasteiger partial charge in [-0.05, 0) is 55.0 Å². The fourth-order valence-corrected chi connectivity index (χ4v) is 4.43. The van der Waals surface area contributed by atoms with E-state index in [-0.39, 0.29) is 5.91 Å². The largest absolute Gasteiger partial charge is 0.353 e. The van der Waals surface area contributed by atoms with Crippen molar-refractivity contribution in [3.05, 3.63) is 0 Å². The van der Waals surface area contributed by atoms with Crippen LogP contribution in [0.3, 0.4) is 0 Å². The molecule has 3 fully saturated rings. The molecule has 2 bridgehead atoms. The van der Waals surface area contributed by atoms with Crippen molar-refractivity contribution in [2.45, 2.75) is 52.5 Å². The van der Waals surface area contributed by atoms with Gasteiger partial charge in [-0.1, -0.05) is 20.8 Å². The van der Waals surface area contributed by atoms with Crippen LogP contribution in [0.5, 0.6) is 0 Å². The average Bonchev–Trinajstić information content (AvgIpc) is 2.56. The zero-order valence-electron chi connectivity index (χ0n) is 11.9. The maximum absolute atomic E-state index is 12.1. The standard InChI is InChI=1S/C15H26N2O/c1-14(2)11-4-5-15(14,3)12(7-11)17-13(18)6-10-8-16-9-10/h10-12,16H,4-9H2,1-3H3,(H,17,18). The van der Waals surface area contributed by atoms with Gasteiger partial charge in [-0.3, -0.25) is 4.79 Å². The van der Waals surface area contributed by atoms with Crippen LogP contribution in [0.15, 0.2) is 0 Å². The highest BCUT2D eigenvalue weighted by Crippen LogP contribution is 2.65. The lowest BCUT2D eigenvalue weighted by molar-refractivity contribution is -0.124. The van der Waals surface area contributed by atoms with Gasteiger partial charge in [-0.25, -0.2) is 0 Å². The second-order valence-electron chi connectivity index (χ2n) is 7.46. The molecule has 2 N–H and O–H groups in total. The lowest BCUT2D eigenvalue weighted by Gasteiger charge is -2.39. The summed E-state index contributed by atoms with van der Waals surface area (Å²) in [7, 11) is 0. The molecule has 1 heterocycles. The SMILES string of the molecule is CC1(C)C2CCC1(C)C(NC(=O)CC1CNC1)C2. The lowest BCUT2D eigenvalue weighted by Crippen LogP contribution is -2.49. The first-order valence-electron chi connectivity index (χ1n) is 7.43. The summed E-state index contributed by atoms with van der Waals surface area (Å²) in [6, 6.07) is 0.409. The number of fused-ring (bicyclic) bond motifs is 2. The van der Waals surface area contributed by atoms with E-state index in [4.69, 9.17) is 0 Å². The maximum Gasteiger partial charge on any atom is 0.220 e. The molecular weight excluding hydrogens is 224 g/mol. The van der Waals surface area contributed by atoms with Crippen molar-refractivity contribution < 1.29 is 4.79 Å². The number of hydrogen-bond acceptors (Lipinski definition) is 2. The third kappa shape index (κ3) is 1.63. The van der Waals surface area contributed by atoms with Crippen LogP contribution in [-0.2, 0) is 4.79 Å². The number of amides is 1. The van der Waals surface area contributed by atoms with Crippen molar-refractivity contribution in [2.24, 2.45) is 22.7 Å². The minimum absolute atomic E-state index is 0.274. The second kappa shape index (κ2) is 3.96. The highest BCUT2D eigenvalue weighted by atomic mass is 16.1. The van der Waals surface area contributed by atoms with Gasteiger partial charge in [0.05, 0.1) is 0 Å². The maximum atomic E-state index is 12.1. The highest BCUT2D eigenvalue weighted by molar-refractivity contribution is 5.77. The van der Waals surface area contributed by atoms with Crippen molar-refractivity contribution in [1.29, 1.82) is 0 Å². The molecule has 3 aliphatic rings. The molecule has 0 spiro atoms. The molecule has 0 aromatic carbocycles. The molecule has 0 aromatic heterocycles. The van der Waals surface area contributed by atoms with Gasteiger partial charge in [0, 0.05) is 12.5 Å². The molecular formula is C15H26N2O. The molecule has 1 amide bonds. The predicted molar refractivity (Wildman–Crippen MR) is 72.1 cm³/mol. The van der Waals surface area contributed by atoms with Crippen LogP contribution in [0.4, 0.5) is 0 Å². The van der Waals surface area contributed by atoms with Crippen LogP contribution < -0.4 is 10.6 Å². The van der Waals surface area contributed by atoms with Crippen molar-refractivity contribution >= 4 is 5.91 Å². The average molecular weight is 250 g/mol. The summed E-state index contributed by atoms with van der Waals surface area (Å²) in [5.41, 5.74) is 0.703. The molecule has 2 aliphatic carbocycles. The number of nitrogens with one attached hydrogen (secondary N) is 2. The Labute approximate surface area is 110 Å². The Morgan fingerprint density at radius 2 is 2.06 bits per heavy atom. The first-order chi connectivity index (χ1) is 8.43. The molecule has 3 atom stereocenters. The minimum Gasteiger partial charge on any atom is -0.353 e. The smallest absolute Gasteiger partial charge is 0.220 e. The first kappa shape index (κ1) is 12.5. The zero-order chi connectivity index (χ0) is 13.0. The molecule has 2 saturated carbocycles. The minimum atomic E-state index is 0.274. The Morgan fingerprint density at radius 3 is 2.50 bits per heavy atom. The van der Waals surface area contributed by atoms with E-state index < -0.39 is 0 Å². The van der Waals surface area contributed by atoms with E-state index >= 15 is 0 Å². The Morgan fingerprint density at radius 1 is 1.33 bits per heavy atom. The van der Waals surface area contributed by atoms with E-state index in [0.29, 0.717) is 29.2 Å². The lowest BCUT2D eigenvalue weighted by atomic mass is 9.69. The van der Waals surface area contributed by atoms with E-state index in [0.717, 1.165) is 19.0 Å². The van der Waals surface area contributed by atoms with Gasteiger partial charge in [0.2, 0.25) is 5.91 Å². The second-order valence-corrected chi connectivity index (χ2v) is 7.46. The summed E-state index contributed by atoms with van der Waals surface area (Å²) in [4.78, 5) is 12.1. The fraction of sp³-hybridized carbons (Fsp3) is 0.933. The van der Waals surface area contributed by atoms with Crippen LogP contribution in [0, 0.1) is 22.7 Å². The van der Waals surface area contributed by atoms with Gasteiger partial charge in [0.1, 0.15) is 0 Å². The molecule has 3 heteroatoms. The molecule has 3 rings (SSSR count). The molecule has 0 radical (unpaired) electrons. The molecule has 102 valence electrons. The number of rotatable bonds is 3. The molecule has 0 aromatic rings. The highest BCUT2D eigenvalue weighted by Gasteiger charge is 2.61. The summed E-state index contributed by atoms with van der Waals surface area (Å²) in [6.45, 7) is 9.21. The zero-order valence-corrected chi connectivity index (χ0v) is 11.9. The summed E-state index contributed by atoms with van der Waals surface area (Å²) in [5.74, 6) is 1.65. The summed E-state index contributed by atoms with van der Waals surface area (Å²) < 4.78 is 0. The Kier molecular flexibility index (Phi) is 2.74. The fourth-order valence-electron chi connectivity index (χ4n) is 4.43. The molecule has 1 aliphatic heterocycles. The summed E-state index contributed by atoms with van der Waals surface area (Å²) in [6.07, 6.45) is 4.53. The molecule has 18 heavy (non-hydrogen) atoms. The van der Waals surface area contributed by atoms with Crippen molar-refractivity contribution in [1.82, 2.24) is 10.6 Å². The monoisotopic (exact) mass is 250 g/mol. The third-order valence-corrected chi connectivity index (χ3v) is 6.47. The van der Waals surface area contributed by atoms with E-state index in [1.165, 1.54) is 19.3 Å². The Hall–Kier alpha value is -0.570. The van der Waals surface area contributed by atoms with E-state index in [1.54, 1.807) is 0 Å². The van der Waals surface area contributed by atoms with Gasteiger partial charge < -0.3 is 10.6 Å². The van der Waals surface area contributed by atoms with E-state index in [9.17, 15) is 4.79 Å². The van der Waals surface area contributed by atoms with Crippen LogP contribution in [0.1, 0.15) is 46.5 Å². The van der Waals surface area contributed by atoms with Crippen LogP contribution in [-0.4, -0.2) is 25.0 Å². The molecule has 1 saturated heterocycles. The topological polar surface area (TPSA) is 41.1 Å². The van der Waals surface area contributed by atoms with Crippen LogP contribution in [0.2, 0.25) is 0 Å².